The predicted octanol–water partition coefficient (Wildman–Crippen LogP) is 3.75. The highest BCUT2D eigenvalue weighted by Gasteiger charge is 2.08. The molecule has 0 amide bonds. The summed E-state index contributed by atoms with van der Waals surface area (Å²) < 4.78 is 5.62. The first-order chi connectivity index (χ1) is 7.70. The van der Waals surface area contributed by atoms with Crippen molar-refractivity contribution in [3.05, 3.63) is 46.1 Å². The molecule has 0 spiro atoms. The van der Waals surface area contributed by atoms with Crippen LogP contribution in [0.4, 0.5) is 0 Å². The number of hydrogen-bond acceptors (Lipinski definition) is 2. The van der Waals surface area contributed by atoms with E-state index in [1.807, 2.05) is 12.1 Å². The Hall–Kier alpha value is -0.960. The van der Waals surface area contributed by atoms with Gasteiger partial charge in [-0.05, 0) is 36.9 Å². The monoisotopic (exact) mass is 255 g/mol. The zero-order valence-electron chi connectivity index (χ0n) is 8.54. The van der Waals surface area contributed by atoms with Gasteiger partial charge in [-0.2, -0.15) is 0 Å². The van der Waals surface area contributed by atoms with Gasteiger partial charge in [0.2, 0.25) is 0 Å². The van der Waals surface area contributed by atoms with Crippen LogP contribution in [0.3, 0.4) is 0 Å². The van der Waals surface area contributed by atoms with E-state index in [1.54, 1.807) is 18.2 Å². The standard InChI is InChI=1S/C12H11Cl2NO/c13-8-1-3-11(14)10(7-8)12-4-2-9(16-12)5-6-15/h1-4,7H,5-6,15H2. The third kappa shape index (κ3) is 2.40. The third-order valence-corrected chi connectivity index (χ3v) is 2.81. The zero-order chi connectivity index (χ0) is 11.5. The van der Waals surface area contributed by atoms with Gasteiger partial charge in [-0.3, -0.25) is 0 Å². The zero-order valence-corrected chi connectivity index (χ0v) is 10.1. The lowest BCUT2D eigenvalue weighted by atomic mass is 10.2. The number of halogens is 2. The summed E-state index contributed by atoms with van der Waals surface area (Å²) in [5.41, 5.74) is 6.26. The van der Waals surface area contributed by atoms with Crippen molar-refractivity contribution >= 4 is 23.2 Å². The molecule has 0 aliphatic carbocycles. The Labute approximate surface area is 104 Å². The van der Waals surface area contributed by atoms with E-state index in [9.17, 15) is 0 Å². The van der Waals surface area contributed by atoms with E-state index in [0.717, 1.165) is 23.5 Å². The van der Waals surface area contributed by atoms with Gasteiger partial charge in [-0.25, -0.2) is 0 Å². The van der Waals surface area contributed by atoms with Crippen molar-refractivity contribution in [2.24, 2.45) is 5.73 Å². The molecule has 84 valence electrons. The Morgan fingerprint density at radius 3 is 2.69 bits per heavy atom. The van der Waals surface area contributed by atoms with Crippen molar-refractivity contribution in [3.8, 4) is 11.3 Å². The molecule has 0 bridgehead atoms. The van der Waals surface area contributed by atoms with E-state index < -0.39 is 0 Å². The third-order valence-electron chi connectivity index (χ3n) is 2.25. The number of benzene rings is 1. The van der Waals surface area contributed by atoms with Gasteiger partial charge in [0.15, 0.2) is 0 Å². The topological polar surface area (TPSA) is 39.2 Å². The minimum atomic E-state index is 0.566. The molecule has 0 saturated carbocycles. The summed E-state index contributed by atoms with van der Waals surface area (Å²) in [6.45, 7) is 0.566. The predicted molar refractivity (Wildman–Crippen MR) is 66.9 cm³/mol. The molecule has 2 nitrogen and oxygen atoms in total. The smallest absolute Gasteiger partial charge is 0.135 e. The lowest BCUT2D eigenvalue weighted by Gasteiger charge is -2.01. The molecule has 1 aromatic carbocycles. The molecule has 0 saturated heterocycles. The number of rotatable bonds is 3. The fourth-order valence-electron chi connectivity index (χ4n) is 1.49. The summed E-state index contributed by atoms with van der Waals surface area (Å²) in [5, 5.41) is 1.26. The van der Waals surface area contributed by atoms with Crippen LogP contribution in [0.15, 0.2) is 34.7 Å². The number of hydrogen-bond donors (Lipinski definition) is 1. The Morgan fingerprint density at radius 1 is 1.12 bits per heavy atom. The van der Waals surface area contributed by atoms with Gasteiger partial charge in [0.25, 0.3) is 0 Å². The quantitative estimate of drug-likeness (QED) is 0.908. The minimum Gasteiger partial charge on any atom is -0.461 e. The number of nitrogens with two attached hydrogens (primary N) is 1. The van der Waals surface area contributed by atoms with Crippen LogP contribution in [0.1, 0.15) is 5.76 Å². The summed E-state index contributed by atoms with van der Waals surface area (Å²) in [6.07, 6.45) is 0.720. The Kier molecular flexibility index (Phi) is 3.54. The fraction of sp³-hybridized carbons (Fsp3) is 0.167. The normalized spacial score (nSPS) is 10.7. The van der Waals surface area contributed by atoms with Crippen molar-refractivity contribution in [1.29, 1.82) is 0 Å². The molecule has 2 N–H and O–H groups in total. The van der Waals surface area contributed by atoms with E-state index in [1.165, 1.54) is 0 Å². The second-order valence-corrected chi connectivity index (χ2v) is 4.27. The van der Waals surface area contributed by atoms with Gasteiger partial charge in [0.05, 0.1) is 5.02 Å². The summed E-state index contributed by atoms with van der Waals surface area (Å²) in [4.78, 5) is 0. The summed E-state index contributed by atoms with van der Waals surface area (Å²) in [7, 11) is 0. The van der Waals surface area contributed by atoms with E-state index >= 15 is 0 Å². The molecular formula is C12H11Cl2NO. The average Bonchev–Trinajstić information content (AvgIpc) is 2.71. The largest absolute Gasteiger partial charge is 0.461 e. The number of furan rings is 1. The van der Waals surface area contributed by atoms with Crippen LogP contribution in [-0.2, 0) is 6.42 Å². The molecule has 2 aromatic rings. The molecule has 0 unspecified atom stereocenters. The first-order valence-electron chi connectivity index (χ1n) is 4.95. The van der Waals surface area contributed by atoms with Crippen molar-refractivity contribution in [2.75, 3.05) is 6.54 Å². The molecule has 4 heteroatoms. The van der Waals surface area contributed by atoms with Crippen molar-refractivity contribution in [1.82, 2.24) is 0 Å². The molecule has 1 aromatic heterocycles. The van der Waals surface area contributed by atoms with Crippen LogP contribution in [0, 0.1) is 0 Å². The van der Waals surface area contributed by atoms with Gasteiger partial charge in [-0.1, -0.05) is 23.2 Å². The van der Waals surface area contributed by atoms with Gasteiger partial charge < -0.3 is 10.2 Å². The summed E-state index contributed by atoms with van der Waals surface area (Å²) in [5.74, 6) is 1.57. The summed E-state index contributed by atoms with van der Waals surface area (Å²) in [6, 6.07) is 9.07. The molecule has 2 rings (SSSR count). The Balaban J connectivity index is 2.38. The maximum absolute atomic E-state index is 6.07. The van der Waals surface area contributed by atoms with Crippen molar-refractivity contribution < 1.29 is 4.42 Å². The van der Waals surface area contributed by atoms with Gasteiger partial charge in [0.1, 0.15) is 11.5 Å². The first kappa shape index (κ1) is 11.5. The highest BCUT2D eigenvalue weighted by atomic mass is 35.5. The molecule has 16 heavy (non-hydrogen) atoms. The molecule has 0 atom stereocenters. The van der Waals surface area contributed by atoms with Gasteiger partial charge >= 0.3 is 0 Å². The SMILES string of the molecule is NCCc1ccc(-c2cc(Cl)ccc2Cl)o1. The van der Waals surface area contributed by atoms with Crippen LogP contribution < -0.4 is 5.73 Å². The van der Waals surface area contributed by atoms with Crippen LogP contribution >= 0.6 is 23.2 Å². The van der Waals surface area contributed by atoms with Crippen LogP contribution in [0.25, 0.3) is 11.3 Å². The van der Waals surface area contributed by atoms with E-state index in [-0.39, 0.29) is 0 Å². The van der Waals surface area contributed by atoms with E-state index in [2.05, 4.69) is 0 Å². The lowest BCUT2D eigenvalue weighted by Crippen LogP contribution is -2.01. The van der Waals surface area contributed by atoms with Crippen LogP contribution in [0.2, 0.25) is 10.0 Å². The average molecular weight is 256 g/mol. The summed E-state index contributed by atoms with van der Waals surface area (Å²) >= 11 is 12.0. The molecule has 0 aliphatic rings. The van der Waals surface area contributed by atoms with Gasteiger partial charge in [0, 0.05) is 17.0 Å². The molecule has 0 aliphatic heterocycles. The van der Waals surface area contributed by atoms with Crippen LogP contribution in [0.5, 0.6) is 0 Å². The Morgan fingerprint density at radius 2 is 1.94 bits per heavy atom. The Bertz CT molecular complexity index is 494. The molecule has 0 fully saturated rings. The van der Waals surface area contributed by atoms with Crippen LogP contribution in [-0.4, -0.2) is 6.54 Å². The first-order valence-corrected chi connectivity index (χ1v) is 5.70. The highest BCUT2D eigenvalue weighted by molar-refractivity contribution is 6.35. The molecule has 0 radical (unpaired) electrons. The minimum absolute atomic E-state index is 0.566. The second-order valence-electron chi connectivity index (χ2n) is 3.43. The second kappa shape index (κ2) is 4.91. The maximum atomic E-state index is 6.07. The van der Waals surface area contributed by atoms with Crippen molar-refractivity contribution in [3.63, 3.8) is 0 Å². The molecular weight excluding hydrogens is 245 g/mol. The van der Waals surface area contributed by atoms with E-state index in [0.29, 0.717) is 16.6 Å². The lowest BCUT2D eigenvalue weighted by molar-refractivity contribution is 0.524. The maximum Gasteiger partial charge on any atom is 0.135 e. The fourth-order valence-corrected chi connectivity index (χ4v) is 1.87. The van der Waals surface area contributed by atoms with E-state index in [4.69, 9.17) is 33.4 Å². The van der Waals surface area contributed by atoms with Gasteiger partial charge in [-0.15, -0.1) is 0 Å². The molecule has 1 heterocycles. The van der Waals surface area contributed by atoms with Crippen molar-refractivity contribution in [2.45, 2.75) is 6.42 Å². The highest BCUT2D eigenvalue weighted by Crippen LogP contribution is 2.31.